The maximum Gasteiger partial charge on any atom is 0.109 e. The third kappa shape index (κ3) is 4.44. The SMILES string of the molecule is COCCOCC(OCC1CO1)C1CO1. The van der Waals surface area contributed by atoms with Crippen LogP contribution in [-0.2, 0) is 23.7 Å². The molecule has 0 spiro atoms. The third-order valence-electron chi connectivity index (χ3n) is 2.39. The zero-order valence-corrected chi connectivity index (χ0v) is 9.02. The number of ether oxygens (including phenoxy) is 5. The molecule has 0 radical (unpaired) electrons. The average Bonchev–Trinajstić information content (AvgIpc) is 3.09. The molecular weight excluding hydrogens is 200 g/mol. The molecule has 0 amide bonds. The number of rotatable bonds is 9. The Hall–Kier alpha value is -0.200. The minimum Gasteiger partial charge on any atom is -0.382 e. The highest BCUT2D eigenvalue weighted by Gasteiger charge is 2.35. The molecule has 0 aromatic carbocycles. The minimum atomic E-state index is 0.0473. The van der Waals surface area contributed by atoms with Gasteiger partial charge in [-0.3, -0.25) is 0 Å². The molecule has 2 aliphatic rings. The number of hydrogen-bond donors (Lipinski definition) is 0. The summed E-state index contributed by atoms with van der Waals surface area (Å²) in [7, 11) is 1.66. The lowest BCUT2D eigenvalue weighted by Gasteiger charge is -2.15. The van der Waals surface area contributed by atoms with Gasteiger partial charge in [-0.05, 0) is 0 Å². The van der Waals surface area contributed by atoms with E-state index in [1.807, 2.05) is 0 Å². The molecular formula is C10H18O5. The molecule has 2 rings (SSSR count). The van der Waals surface area contributed by atoms with E-state index in [0.29, 0.717) is 32.5 Å². The largest absolute Gasteiger partial charge is 0.382 e. The summed E-state index contributed by atoms with van der Waals surface area (Å²) in [6.45, 7) is 4.04. The van der Waals surface area contributed by atoms with Gasteiger partial charge in [0, 0.05) is 7.11 Å². The maximum atomic E-state index is 5.65. The summed E-state index contributed by atoms with van der Waals surface area (Å²) in [5, 5.41) is 0. The molecule has 3 unspecified atom stereocenters. The summed E-state index contributed by atoms with van der Waals surface area (Å²) in [5.41, 5.74) is 0. The second-order valence-electron chi connectivity index (χ2n) is 3.77. The van der Waals surface area contributed by atoms with Crippen LogP contribution in [0.3, 0.4) is 0 Å². The first-order valence-corrected chi connectivity index (χ1v) is 5.31. The van der Waals surface area contributed by atoms with Crippen molar-refractivity contribution in [2.75, 3.05) is 46.8 Å². The van der Waals surface area contributed by atoms with Gasteiger partial charge >= 0.3 is 0 Å². The summed E-state index contributed by atoms with van der Waals surface area (Å²) < 4.78 is 26.2. The van der Waals surface area contributed by atoms with Gasteiger partial charge in [0.2, 0.25) is 0 Å². The predicted molar refractivity (Wildman–Crippen MR) is 51.9 cm³/mol. The Morgan fingerprint density at radius 3 is 2.67 bits per heavy atom. The van der Waals surface area contributed by atoms with Crippen molar-refractivity contribution >= 4 is 0 Å². The Morgan fingerprint density at radius 2 is 2.07 bits per heavy atom. The molecule has 0 aromatic rings. The van der Waals surface area contributed by atoms with Gasteiger partial charge in [-0.1, -0.05) is 0 Å². The predicted octanol–water partition coefficient (Wildman–Crippen LogP) is -0.168. The van der Waals surface area contributed by atoms with Crippen molar-refractivity contribution in [1.82, 2.24) is 0 Å². The molecule has 3 atom stereocenters. The lowest BCUT2D eigenvalue weighted by Crippen LogP contribution is -2.28. The molecule has 88 valence electrons. The van der Waals surface area contributed by atoms with Crippen LogP contribution >= 0.6 is 0 Å². The van der Waals surface area contributed by atoms with Crippen LogP contribution in [0.5, 0.6) is 0 Å². The van der Waals surface area contributed by atoms with Crippen LogP contribution in [-0.4, -0.2) is 65.1 Å². The fourth-order valence-electron chi connectivity index (χ4n) is 1.27. The van der Waals surface area contributed by atoms with Gasteiger partial charge in [0.05, 0.1) is 39.6 Å². The van der Waals surface area contributed by atoms with Gasteiger partial charge in [0.25, 0.3) is 0 Å². The Kier molecular flexibility index (Phi) is 4.34. The minimum absolute atomic E-state index is 0.0473. The first-order chi connectivity index (χ1) is 7.40. The van der Waals surface area contributed by atoms with E-state index in [-0.39, 0.29) is 12.2 Å². The zero-order valence-electron chi connectivity index (χ0n) is 9.02. The normalized spacial score (nSPS) is 30.2. The second-order valence-corrected chi connectivity index (χ2v) is 3.77. The molecule has 0 aromatic heterocycles. The standard InChI is InChI=1S/C10H18O5/c1-11-2-3-12-6-9(10-7-15-10)14-5-8-4-13-8/h8-10H,2-7H2,1H3. The summed E-state index contributed by atoms with van der Waals surface area (Å²) in [5.74, 6) is 0. The van der Waals surface area contributed by atoms with Gasteiger partial charge in [0.15, 0.2) is 0 Å². The topological polar surface area (TPSA) is 52.8 Å². The molecule has 0 bridgehead atoms. The number of hydrogen-bond acceptors (Lipinski definition) is 5. The highest BCUT2D eigenvalue weighted by atomic mass is 16.6. The van der Waals surface area contributed by atoms with Crippen molar-refractivity contribution in [2.45, 2.75) is 18.3 Å². The maximum absolute atomic E-state index is 5.65. The molecule has 15 heavy (non-hydrogen) atoms. The summed E-state index contributed by atoms with van der Waals surface area (Å²) in [6, 6.07) is 0. The molecule has 2 saturated heterocycles. The summed E-state index contributed by atoms with van der Waals surface area (Å²) >= 11 is 0. The van der Waals surface area contributed by atoms with Crippen LogP contribution < -0.4 is 0 Å². The highest BCUT2D eigenvalue weighted by molar-refractivity contribution is 4.81. The van der Waals surface area contributed by atoms with Crippen molar-refractivity contribution < 1.29 is 23.7 Å². The van der Waals surface area contributed by atoms with E-state index in [1.165, 1.54) is 0 Å². The summed E-state index contributed by atoms with van der Waals surface area (Å²) in [4.78, 5) is 0. The fourth-order valence-corrected chi connectivity index (χ4v) is 1.27. The van der Waals surface area contributed by atoms with E-state index in [1.54, 1.807) is 7.11 Å². The highest BCUT2D eigenvalue weighted by Crippen LogP contribution is 2.19. The molecule has 0 saturated carbocycles. The van der Waals surface area contributed by atoms with E-state index in [9.17, 15) is 0 Å². The average molecular weight is 218 g/mol. The van der Waals surface area contributed by atoms with Gasteiger partial charge in [0.1, 0.15) is 18.3 Å². The lowest BCUT2D eigenvalue weighted by molar-refractivity contribution is -0.0419. The monoisotopic (exact) mass is 218 g/mol. The number of methoxy groups -OCH3 is 1. The molecule has 2 heterocycles. The molecule has 0 aliphatic carbocycles. The molecule has 2 aliphatic heterocycles. The van der Waals surface area contributed by atoms with Crippen LogP contribution in [0.1, 0.15) is 0 Å². The Morgan fingerprint density at radius 1 is 1.27 bits per heavy atom. The van der Waals surface area contributed by atoms with Crippen LogP contribution in [0.25, 0.3) is 0 Å². The van der Waals surface area contributed by atoms with Crippen LogP contribution in [0.2, 0.25) is 0 Å². The van der Waals surface area contributed by atoms with Crippen LogP contribution in [0.15, 0.2) is 0 Å². The fraction of sp³-hybridized carbons (Fsp3) is 1.00. The first-order valence-electron chi connectivity index (χ1n) is 5.31. The zero-order chi connectivity index (χ0) is 10.5. The molecule has 5 nitrogen and oxygen atoms in total. The van der Waals surface area contributed by atoms with Gasteiger partial charge in [-0.15, -0.1) is 0 Å². The Bertz CT molecular complexity index is 179. The van der Waals surface area contributed by atoms with Crippen molar-refractivity contribution in [2.24, 2.45) is 0 Å². The Labute approximate surface area is 89.6 Å². The van der Waals surface area contributed by atoms with Crippen LogP contribution in [0.4, 0.5) is 0 Å². The van der Waals surface area contributed by atoms with E-state index in [0.717, 1.165) is 13.2 Å². The number of epoxide rings is 2. The quantitative estimate of drug-likeness (QED) is 0.397. The molecule has 5 heteroatoms. The van der Waals surface area contributed by atoms with Crippen molar-refractivity contribution in [3.8, 4) is 0 Å². The molecule has 0 N–H and O–H groups in total. The summed E-state index contributed by atoms with van der Waals surface area (Å²) in [6.07, 6.45) is 0.558. The second kappa shape index (κ2) is 5.77. The smallest absolute Gasteiger partial charge is 0.109 e. The van der Waals surface area contributed by atoms with Crippen LogP contribution in [0, 0.1) is 0 Å². The Balaban J connectivity index is 1.55. The first kappa shape index (κ1) is 11.3. The van der Waals surface area contributed by atoms with Gasteiger partial charge in [-0.25, -0.2) is 0 Å². The van der Waals surface area contributed by atoms with Crippen molar-refractivity contribution in [1.29, 1.82) is 0 Å². The van der Waals surface area contributed by atoms with E-state index in [4.69, 9.17) is 23.7 Å². The van der Waals surface area contributed by atoms with Gasteiger partial charge < -0.3 is 23.7 Å². The van der Waals surface area contributed by atoms with Gasteiger partial charge in [-0.2, -0.15) is 0 Å². The van der Waals surface area contributed by atoms with E-state index >= 15 is 0 Å². The van der Waals surface area contributed by atoms with Crippen molar-refractivity contribution in [3.63, 3.8) is 0 Å². The van der Waals surface area contributed by atoms with E-state index in [2.05, 4.69) is 0 Å². The van der Waals surface area contributed by atoms with E-state index < -0.39 is 0 Å². The lowest BCUT2D eigenvalue weighted by atomic mass is 10.3. The van der Waals surface area contributed by atoms with Crippen molar-refractivity contribution in [3.05, 3.63) is 0 Å². The third-order valence-corrected chi connectivity index (χ3v) is 2.39. The molecule has 2 fully saturated rings.